The van der Waals surface area contributed by atoms with Gasteiger partial charge in [-0.05, 0) is 51.0 Å². The molecule has 3 aliphatic carbocycles. The zero-order valence-electron chi connectivity index (χ0n) is 10.6. The molecule has 0 radical (unpaired) electrons. The fourth-order valence-electron chi connectivity index (χ4n) is 3.40. The summed E-state index contributed by atoms with van der Waals surface area (Å²) in [4.78, 5) is 2.89. The minimum Gasteiger partial charge on any atom is -0.313 e. The van der Waals surface area contributed by atoms with Crippen molar-refractivity contribution in [2.75, 3.05) is 13.1 Å². The van der Waals surface area contributed by atoms with Crippen molar-refractivity contribution in [3.8, 4) is 0 Å². The smallest absolute Gasteiger partial charge is 0.0252 e. The first-order valence-electron chi connectivity index (χ1n) is 7.37. The van der Waals surface area contributed by atoms with Crippen LogP contribution in [0.5, 0.6) is 0 Å². The number of likely N-dealkylation sites (N-methyl/N-ethyl adjacent to an activating group) is 1. The van der Waals surface area contributed by atoms with Crippen molar-refractivity contribution in [3.05, 3.63) is 0 Å². The summed E-state index contributed by atoms with van der Waals surface area (Å²) in [6.07, 6.45) is 10.2. The van der Waals surface area contributed by atoms with E-state index >= 15 is 0 Å². The Balaban J connectivity index is 1.61. The molecule has 0 spiro atoms. The summed E-state index contributed by atoms with van der Waals surface area (Å²) in [6, 6.07) is 2.63. The molecule has 2 unspecified atom stereocenters. The van der Waals surface area contributed by atoms with E-state index in [2.05, 4.69) is 17.1 Å². The molecule has 2 atom stereocenters. The maximum atomic E-state index is 3.71. The molecule has 16 heavy (non-hydrogen) atoms. The van der Waals surface area contributed by atoms with Crippen LogP contribution >= 0.6 is 0 Å². The van der Waals surface area contributed by atoms with Gasteiger partial charge in [0.05, 0.1) is 0 Å². The molecule has 0 aromatic carbocycles. The highest BCUT2D eigenvalue weighted by atomic mass is 15.2. The minimum absolute atomic E-state index is 0.796. The topological polar surface area (TPSA) is 15.3 Å². The van der Waals surface area contributed by atoms with Crippen LogP contribution in [-0.4, -0.2) is 36.1 Å². The predicted molar refractivity (Wildman–Crippen MR) is 67.6 cm³/mol. The summed E-state index contributed by atoms with van der Waals surface area (Å²) >= 11 is 0. The van der Waals surface area contributed by atoms with Crippen LogP contribution in [-0.2, 0) is 0 Å². The molecule has 2 heteroatoms. The molecule has 0 heterocycles. The van der Waals surface area contributed by atoms with Crippen LogP contribution in [0.2, 0.25) is 0 Å². The molecular weight excluding hydrogens is 196 g/mol. The SMILES string of the molecule is CCNC1CCCC1N(CC1CC1)C1CC1. The Bertz CT molecular complexity index is 233. The van der Waals surface area contributed by atoms with Gasteiger partial charge >= 0.3 is 0 Å². The quantitative estimate of drug-likeness (QED) is 0.742. The Kier molecular flexibility index (Phi) is 3.21. The van der Waals surface area contributed by atoms with E-state index in [0.717, 1.165) is 30.6 Å². The predicted octanol–water partition coefficient (Wildman–Crippen LogP) is 2.39. The summed E-state index contributed by atoms with van der Waals surface area (Å²) in [6.45, 7) is 4.80. The lowest BCUT2D eigenvalue weighted by atomic mass is 10.1. The van der Waals surface area contributed by atoms with Crippen molar-refractivity contribution >= 4 is 0 Å². The number of hydrogen-bond donors (Lipinski definition) is 1. The van der Waals surface area contributed by atoms with Gasteiger partial charge in [0.15, 0.2) is 0 Å². The lowest BCUT2D eigenvalue weighted by Crippen LogP contribution is -2.48. The lowest BCUT2D eigenvalue weighted by molar-refractivity contribution is 0.156. The summed E-state index contributed by atoms with van der Waals surface area (Å²) in [7, 11) is 0. The molecular formula is C14H26N2. The van der Waals surface area contributed by atoms with Crippen LogP contribution in [0.15, 0.2) is 0 Å². The number of nitrogens with zero attached hydrogens (tertiary/aromatic N) is 1. The molecule has 3 aliphatic rings. The van der Waals surface area contributed by atoms with E-state index in [-0.39, 0.29) is 0 Å². The van der Waals surface area contributed by atoms with Crippen LogP contribution in [0, 0.1) is 5.92 Å². The molecule has 3 fully saturated rings. The van der Waals surface area contributed by atoms with E-state index in [0.29, 0.717) is 0 Å². The average Bonchev–Trinajstić information content (AvgIpc) is 3.17. The second-order valence-electron chi connectivity index (χ2n) is 6.03. The van der Waals surface area contributed by atoms with Gasteiger partial charge in [0.25, 0.3) is 0 Å². The lowest BCUT2D eigenvalue weighted by Gasteiger charge is -2.33. The molecule has 0 aromatic rings. The van der Waals surface area contributed by atoms with E-state index in [1.165, 1.54) is 51.5 Å². The van der Waals surface area contributed by atoms with Crippen molar-refractivity contribution in [1.29, 1.82) is 0 Å². The third-order valence-electron chi connectivity index (χ3n) is 4.55. The van der Waals surface area contributed by atoms with Gasteiger partial charge in [0, 0.05) is 24.7 Å². The molecule has 2 nitrogen and oxygen atoms in total. The van der Waals surface area contributed by atoms with Gasteiger partial charge in [0.2, 0.25) is 0 Å². The average molecular weight is 222 g/mol. The van der Waals surface area contributed by atoms with Crippen LogP contribution < -0.4 is 5.32 Å². The number of rotatable bonds is 6. The third-order valence-corrected chi connectivity index (χ3v) is 4.55. The van der Waals surface area contributed by atoms with Gasteiger partial charge in [-0.25, -0.2) is 0 Å². The second-order valence-corrected chi connectivity index (χ2v) is 6.03. The van der Waals surface area contributed by atoms with Gasteiger partial charge in [-0.2, -0.15) is 0 Å². The molecule has 3 rings (SSSR count). The van der Waals surface area contributed by atoms with Gasteiger partial charge < -0.3 is 5.32 Å². The standard InChI is InChI=1S/C14H26N2/c1-2-15-13-4-3-5-14(13)16(12-8-9-12)10-11-6-7-11/h11-15H,2-10H2,1H3. The highest BCUT2D eigenvalue weighted by Gasteiger charge is 2.41. The van der Waals surface area contributed by atoms with Gasteiger partial charge in [-0.3, -0.25) is 4.90 Å². The van der Waals surface area contributed by atoms with Crippen LogP contribution in [0.1, 0.15) is 51.9 Å². The number of hydrogen-bond acceptors (Lipinski definition) is 2. The normalized spacial score (nSPS) is 34.9. The maximum absolute atomic E-state index is 3.71. The van der Waals surface area contributed by atoms with Crippen molar-refractivity contribution in [2.45, 2.75) is 70.0 Å². The molecule has 0 aliphatic heterocycles. The first-order chi connectivity index (χ1) is 7.88. The zero-order chi connectivity index (χ0) is 11.0. The third kappa shape index (κ3) is 2.43. The van der Waals surface area contributed by atoms with Crippen LogP contribution in [0.4, 0.5) is 0 Å². The largest absolute Gasteiger partial charge is 0.313 e. The van der Waals surface area contributed by atoms with E-state index in [9.17, 15) is 0 Å². The van der Waals surface area contributed by atoms with Gasteiger partial charge in [-0.1, -0.05) is 13.3 Å². The molecule has 0 bridgehead atoms. The fourth-order valence-corrected chi connectivity index (χ4v) is 3.40. The highest BCUT2D eigenvalue weighted by Crippen LogP contribution is 2.39. The molecule has 0 aromatic heterocycles. The van der Waals surface area contributed by atoms with Crippen molar-refractivity contribution < 1.29 is 0 Å². The summed E-state index contributed by atoms with van der Waals surface area (Å²) in [5, 5.41) is 3.71. The molecule has 0 amide bonds. The van der Waals surface area contributed by atoms with Gasteiger partial charge in [-0.15, -0.1) is 0 Å². The minimum atomic E-state index is 0.796. The molecule has 3 saturated carbocycles. The maximum Gasteiger partial charge on any atom is 0.0252 e. The molecule has 92 valence electrons. The van der Waals surface area contributed by atoms with E-state index in [1.807, 2.05) is 0 Å². The Morgan fingerprint density at radius 2 is 1.88 bits per heavy atom. The summed E-state index contributed by atoms with van der Waals surface area (Å²) < 4.78 is 0. The highest BCUT2D eigenvalue weighted by molar-refractivity contribution is 4.98. The summed E-state index contributed by atoms with van der Waals surface area (Å²) in [5.74, 6) is 1.06. The second kappa shape index (κ2) is 4.66. The van der Waals surface area contributed by atoms with E-state index in [1.54, 1.807) is 0 Å². The Morgan fingerprint density at radius 3 is 2.50 bits per heavy atom. The van der Waals surface area contributed by atoms with Crippen molar-refractivity contribution in [3.63, 3.8) is 0 Å². The van der Waals surface area contributed by atoms with Gasteiger partial charge in [0.1, 0.15) is 0 Å². The first-order valence-corrected chi connectivity index (χ1v) is 7.37. The molecule has 1 N–H and O–H groups in total. The monoisotopic (exact) mass is 222 g/mol. The van der Waals surface area contributed by atoms with E-state index < -0.39 is 0 Å². The van der Waals surface area contributed by atoms with Crippen molar-refractivity contribution in [1.82, 2.24) is 10.2 Å². The summed E-state index contributed by atoms with van der Waals surface area (Å²) in [5.41, 5.74) is 0. The fraction of sp³-hybridized carbons (Fsp3) is 1.00. The molecule has 0 saturated heterocycles. The first kappa shape index (κ1) is 11.0. The Labute approximate surface area is 99.8 Å². The van der Waals surface area contributed by atoms with E-state index in [4.69, 9.17) is 0 Å². The number of nitrogens with one attached hydrogen (secondary N) is 1. The zero-order valence-corrected chi connectivity index (χ0v) is 10.6. The van der Waals surface area contributed by atoms with Crippen LogP contribution in [0.25, 0.3) is 0 Å². The van der Waals surface area contributed by atoms with Crippen molar-refractivity contribution in [2.24, 2.45) is 5.92 Å². The Hall–Kier alpha value is -0.0800. The Morgan fingerprint density at radius 1 is 1.06 bits per heavy atom. The van der Waals surface area contributed by atoms with Crippen LogP contribution in [0.3, 0.4) is 0 Å².